The van der Waals surface area contributed by atoms with E-state index in [1.54, 1.807) is 24.5 Å². The fourth-order valence-electron chi connectivity index (χ4n) is 2.18. The van der Waals surface area contributed by atoms with Crippen molar-refractivity contribution >= 4 is 5.91 Å². The van der Waals surface area contributed by atoms with Crippen molar-refractivity contribution in [3.05, 3.63) is 66.0 Å². The minimum absolute atomic E-state index is 0.0131. The molecule has 90 valence electrons. The molecule has 0 bridgehead atoms. The maximum atomic E-state index is 11.9. The molecule has 1 aromatic carbocycles. The van der Waals surface area contributed by atoms with E-state index in [1.807, 2.05) is 18.2 Å². The Morgan fingerprint density at radius 1 is 1.11 bits per heavy atom. The first-order chi connectivity index (χ1) is 8.84. The molecule has 3 rings (SSSR count). The Kier molecular flexibility index (Phi) is 2.81. The molecular formula is C15H14N2O. The standard InChI is InChI=1S/C15H14N2O/c18-15(12-6-8-16-9-7-12)17-14-10-13(14)11-4-2-1-3-5-11/h1-9,13-14H,10H2,(H,17,18). The summed E-state index contributed by atoms with van der Waals surface area (Å²) in [6, 6.07) is 14.0. The second-order valence-corrected chi connectivity index (χ2v) is 4.57. The molecule has 2 unspecified atom stereocenters. The highest BCUT2D eigenvalue weighted by atomic mass is 16.1. The van der Waals surface area contributed by atoms with Crippen LogP contribution in [0.1, 0.15) is 28.3 Å². The fraction of sp³-hybridized carbons (Fsp3) is 0.200. The quantitative estimate of drug-likeness (QED) is 0.892. The number of pyridine rings is 1. The van der Waals surface area contributed by atoms with E-state index in [9.17, 15) is 4.79 Å². The second kappa shape index (κ2) is 4.61. The van der Waals surface area contributed by atoms with Gasteiger partial charge in [-0.25, -0.2) is 0 Å². The van der Waals surface area contributed by atoms with Crippen molar-refractivity contribution < 1.29 is 4.79 Å². The smallest absolute Gasteiger partial charge is 0.251 e. The molecule has 3 nitrogen and oxygen atoms in total. The Bertz CT molecular complexity index is 539. The number of nitrogens with zero attached hydrogens (tertiary/aromatic N) is 1. The summed E-state index contributed by atoms with van der Waals surface area (Å²) in [5.41, 5.74) is 1.97. The van der Waals surface area contributed by atoms with Crippen molar-refractivity contribution in [2.75, 3.05) is 0 Å². The zero-order chi connectivity index (χ0) is 12.4. The average molecular weight is 238 g/mol. The summed E-state index contributed by atoms with van der Waals surface area (Å²) in [4.78, 5) is 15.8. The highest BCUT2D eigenvalue weighted by Crippen LogP contribution is 2.40. The van der Waals surface area contributed by atoms with Crippen LogP contribution < -0.4 is 5.32 Å². The summed E-state index contributed by atoms with van der Waals surface area (Å²) in [6.45, 7) is 0. The largest absolute Gasteiger partial charge is 0.349 e. The van der Waals surface area contributed by atoms with Gasteiger partial charge in [0.05, 0.1) is 0 Å². The van der Waals surface area contributed by atoms with Crippen molar-refractivity contribution in [2.45, 2.75) is 18.4 Å². The van der Waals surface area contributed by atoms with Gasteiger partial charge in [0.2, 0.25) is 0 Å². The lowest BCUT2D eigenvalue weighted by Crippen LogP contribution is -2.26. The van der Waals surface area contributed by atoms with E-state index in [4.69, 9.17) is 0 Å². The van der Waals surface area contributed by atoms with Gasteiger partial charge in [-0.05, 0) is 24.1 Å². The Morgan fingerprint density at radius 2 is 1.83 bits per heavy atom. The molecule has 2 aromatic rings. The molecule has 0 radical (unpaired) electrons. The maximum Gasteiger partial charge on any atom is 0.251 e. The van der Waals surface area contributed by atoms with Gasteiger partial charge in [0.1, 0.15) is 0 Å². The number of hydrogen-bond acceptors (Lipinski definition) is 2. The monoisotopic (exact) mass is 238 g/mol. The van der Waals surface area contributed by atoms with E-state index >= 15 is 0 Å². The zero-order valence-corrected chi connectivity index (χ0v) is 9.91. The molecule has 1 fully saturated rings. The molecule has 1 aliphatic carbocycles. The van der Waals surface area contributed by atoms with Crippen LogP contribution in [0, 0.1) is 0 Å². The first-order valence-electron chi connectivity index (χ1n) is 6.10. The normalized spacial score (nSPS) is 21.3. The van der Waals surface area contributed by atoms with E-state index in [1.165, 1.54) is 5.56 Å². The van der Waals surface area contributed by atoms with Gasteiger partial charge in [-0.1, -0.05) is 30.3 Å². The summed E-state index contributed by atoms with van der Waals surface area (Å²) in [5.74, 6) is 0.456. The van der Waals surface area contributed by atoms with Crippen LogP contribution in [-0.4, -0.2) is 16.9 Å². The van der Waals surface area contributed by atoms with E-state index in [0.717, 1.165) is 6.42 Å². The number of carbonyl (C=O) groups excluding carboxylic acids is 1. The number of aromatic nitrogens is 1. The number of carbonyl (C=O) groups is 1. The molecule has 0 aliphatic heterocycles. The van der Waals surface area contributed by atoms with Gasteiger partial charge in [0.25, 0.3) is 5.91 Å². The summed E-state index contributed by atoms with van der Waals surface area (Å²) in [7, 11) is 0. The number of nitrogens with one attached hydrogen (secondary N) is 1. The minimum Gasteiger partial charge on any atom is -0.349 e. The van der Waals surface area contributed by atoms with Crippen molar-refractivity contribution in [1.82, 2.24) is 10.3 Å². The third-order valence-electron chi connectivity index (χ3n) is 3.28. The highest BCUT2D eigenvalue weighted by molar-refractivity contribution is 5.94. The molecule has 1 N–H and O–H groups in total. The van der Waals surface area contributed by atoms with E-state index in [-0.39, 0.29) is 11.9 Å². The third kappa shape index (κ3) is 2.25. The Hall–Kier alpha value is -2.16. The minimum atomic E-state index is -0.0131. The lowest BCUT2D eigenvalue weighted by atomic mass is 10.1. The summed E-state index contributed by atoms with van der Waals surface area (Å²) < 4.78 is 0. The number of amides is 1. The van der Waals surface area contributed by atoms with Crippen LogP contribution in [0.2, 0.25) is 0 Å². The lowest BCUT2D eigenvalue weighted by Gasteiger charge is -2.04. The van der Waals surface area contributed by atoms with Gasteiger partial charge in [-0.2, -0.15) is 0 Å². The van der Waals surface area contributed by atoms with E-state index in [0.29, 0.717) is 11.5 Å². The van der Waals surface area contributed by atoms with Crippen LogP contribution >= 0.6 is 0 Å². The molecular weight excluding hydrogens is 224 g/mol. The van der Waals surface area contributed by atoms with Crippen LogP contribution in [0.25, 0.3) is 0 Å². The molecule has 18 heavy (non-hydrogen) atoms. The summed E-state index contributed by atoms with van der Waals surface area (Å²) in [6.07, 6.45) is 4.30. The maximum absolute atomic E-state index is 11.9. The molecule has 1 aromatic heterocycles. The van der Waals surface area contributed by atoms with E-state index in [2.05, 4.69) is 22.4 Å². The molecule has 1 amide bonds. The molecule has 0 saturated heterocycles. The molecule has 0 spiro atoms. The highest BCUT2D eigenvalue weighted by Gasteiger charge is 2.39. The van der Waals surface area contributed by atoms with Gasteiger partial charge >= 0.3 is 0 Å². The van der Waals surface area contributed by atoms with Crippen LogP contribution in [-0.2, 0) is 0 Å². The van der Waals surface area contributed by atoms with Crippen molar-refractivity contribution in [1.29, 1.82) is 0 Å². The van der Waals surface area contributed by atoms with Crippen molar-refractivity contribution in [3.63, 3.8) is 0 Å². The van der Waals surface area contributed by atoms with Crippen LogP contribution in [0.4, 0.5) is 0 Å². The molecule has 1 saturated carbocycles. The molecule has 1 heterocycles. The SMILES string of the molecule is O=C(NC1CC1c1ccccc1)c1ccncc1. The third-order valence-corrected chi connectivity index (χ3v) is 3.28. The summed E-state index contributed by atoms with van der Waals surface area (Å²) in [5, 5.41) is 3.05. The van der Waals surface area contributed by atoms with Gasteiger partial charge in [-0.3, -0.25) is 9.78 Å². The van der Waals surface area contributed by atoms with Gasteiger partial charge in [0, 0.05) is 29.9 Å². The Balaban J connectivity index is 1.62. The van der Waals surface area contributed by atoms with Crippen molar-refractivity contribution in [3.8, 4) is 0 Å². The lowest BCUT2D eigenvalue weighted by molar-refractivity contribution is 0.0950. The Labute approximate surface area is 106 Å². The van der Waals surface area contributed by atoms with Crippen LogP contribution in [0.15, 0.2) is 54.9 Å². The fourth-order valence-corrected chi connectivity index (χ4v) is 2.18. The average Bonchev–Trinajstić information content (AvgIpc) is 3.20. The second-order valence-electron chi connectivity index (χ2n) is 4.57. The van der Waals surface area contributed by atoms with E-state index < -0.39 is 0 Å². The predicted molar refractivity (Wildman–Crippen MR) is 69.3 cm³/mol. The van der Waals surface area contributed by atoms with Gasteiger partial charge in [-0.15, -0.1) is 0 Å². The number of hydrogen-bond donors (Lipinski definition) is 1. The molecule has 3 heteroatoms. The molecule has 1 aliphatic rings. The van der Waals surface area contributed by atoms with Crippen LogP contribution in [0.5, 0.6) is 0 Å². The van der Waals surface area contributed by atoms with Crippen LogP contribution in [0.3, 0.4) is 0 Å². The van der Waals surface area contributed by atoms with Gasteiger partial charge in [0.15, 0.2) is 0 Å². The number of benzene rings is 1. The Morgan fingerprint density at radius 3 is 2.56 bits per heavy atom. The topological polar surface area (TPSA) is 42.0 Å². The zero-order valence-electron chi connectivity index (χ0n) is 9.91. The molecule has 2 atom stereocenters. The predicted octanol–water partition coefficient (Wildman–Crippen LogP) is 2.37. The first kappa shape index (κ1) is 11.0. The first-order valence-corrected chi connectivity index (χ1v) is 6.10. The summed E-state index contributed by atoms with van der Waals surface area (Å²) >= 11 is 0. The van der Waals surface area contributed by atoms with Crippen molar-refractivity contribution in [2.24, 2.45) is 0 Å². The van der Waals surface area contributed by atoms with Gasteiger partial charge < -0.3 is 5.32 Å². The number of rotatable bonds is 3.